The smallest absolute Gasteiger partial charge is 0.356 e. The van der Waals surface area contributed by atoms with Crippen molar-refractivity contribution in [3.8, 4) is 5.88 Å². The summed E-state index contributed by atoms with van der Waals surface area (Å²) >= 11 is 0. The average molecular weight is 250 g/mol. The quantitative estimate of drug-likeness (QED) is 0.888. The van der Waals surface area contributed by atoms with E-state index in [9.17, 15) is 4.79 Å². The van der Waals surface area contributed by atoms with Crippen LogP contribution < -0.4 is 4.74 Å². The van der Waals surface area contributed by atoms with Gasteiger partial charge in [0.05, 0.1) is 0 Å². The molecule has 98 valence electrons. The van der Waals surface area contributed by atoms with E-state index in [1.807, 2.05) is 0 Å². The van der Waals surface area contributed by atoms with Gasteiger partial charge in [-0.25, -0.2) is 4.79 Å². The Morgan fingerprint density at radius 2 is 2.28 bits per heavy atom. The van der Waals surface area contributed by atoms with Crippen LogP contribution in [-0.4, -0.2) is 27.4 Å². The first-order valence-electron chi connectivity index (χ1n) is 6.42. The van der Waals surface area contributed by atoms with Crippen molar-refractivity contribution in [2.75, 3.05) is 0 Å². The van der Waals surface area contributed by atoms with Crippen molar-refractivity contribution in [1.29, 1.82) is 0 Å². The Morgan fingerprint density at radius 1 is 1.44 bits per heavy atom. The normalized spacial score (nSPS) is 23.6. The van der Waals surface area contributed by atoms with Crippen LogP contribution in [0.4, 0.5) is 0 Å². The van der Waals surface area contributed by atoms with E-state index in [0.717, 1.165) is 18.8 Å². The second-order valence-corrected chi connectivity index (χ2v) is 4.74. The third kappa shape index (κ3) is 3.18. The molecule has 1 saturated carbocycles. The molecule has 1 heterocycles. The number of carbonyl (C=O) groups is 1. The van der Waals surface area contributed by atoms with Crippen LogP contribution in [0.3, 0.4) is 0 Å². The Bertz CT molecular complexity index is 405. The van der Waals surface area contributed by atoms with Crippen molar-refractivity contribution in [3.63, 3.8) is 0 Å². The molecule has 1 aromatic rings. The molecule has 1 aliphatic carbocycles. The van der Waals surface area contributed by atoms with Crippen LogP contribution in [0.2, 0.25) is 0 Å². The second-order valence-electron chi connectivity index (χ2n) is 4.74. The van der Waals surface area contributed by atoms with Gasteiger partial charge >= 0.3 is 5.97 Å². The summed E-state index contributed by atoms with van der Waals surface area (Å²) in [6.45, 7) is 2.20. The second kappa shape index (κ2) is 5.80. The van der Waals surface area contributed by atoms with Crippen molar-refractivity contribution in [2.24, 2.45) is 5.92 Å². The molecule has 2 rings (SSSR count). The van der Waals surface area contributed by atoms with Gasteiger partial charge in [-0.2, -0.15) is 0 Å². The zero-order valence-corrected chi connectivity index (χ0v) is 10.5. The van der Waals surface area contributed by atoms with Crippen LogP contribution in [-0.2, 0) is 0 Å². The van der Waals surface area contributed by atoms with Gasteiger partial charge in [-0.05, 0) is 31.2 Å². The molecule has 1 N–H and O–H groups in total. The van der Waals surface area contributed by atoms with Gasteiger partial charge in [0, 0.05) is 6.07 Å². The van der Waals surface area contributed by atoms with Crippen molar-refractivity contribution in [3.05, 3.63) is 17.8 Å². The van der Waals surface area contributed by atoms with Gasteiger partial charge in [-0.1, -0.05) is 19.8 Å². The highest BCUT2D eigenvalue weighted by Gasteiger charge is 2.22. The Morgan fingerprint density at radius 3 is 2.89 bits per heavy atom. The number of carboxylic acid groups (broad SMARTS) is 1. The molecule has 2 atom stereocenters. The summed E-state index contributed by atoms with van der Waals surface area (Å²) in [4.78, 5) is 10.6. The molecule has 0 bridgehead atoms. The molecule has 1 fully saturated rings. The number of aromatic carboxylic acids is 1. The monoisotopic (exact) mass is 250 g/mol. The summed E-state index contributed by atoms with van der Waals surface area (Å²) in [6.07, 6.45) is 5.93. The van der Waals surface area contributed by atoms with E-state index in [2.05, 4.69) is 17.1 Å². The summed E-state index contributed by atoms with van der Waals surface area (Å²) in [5.74, 6) is 0.0783. The van der Waals surface area contributed by atoms with E-state index in [1.165, 1.54) is 25.3 Å². The third-order valence-electron chi connectivity index (χ3n) is 3.46. The predicted molar refractivity (Wildman–Crippen MR) is 65.7 cm³/mol. The molecule has 5 heteroatoms. The average Bonchev–Trinajstić information content (AvgIpc) is 2.39. The number of carboxylic acids is 1. The summed E-state index contributed by atoms with van der Waals surface area (Å²) in [5, 5.41) is 16.1. The molecule has 0 aliphatic heterocycles. The Labute approximate surface area is 106 Å². The van der Waals surface area contributed by atoms with Crippen molar-refractivity contribution < 1.29 is 14.6 Å². The summed E-state index contributed by atoms with van der Waals surface area (Å²) in [6, 6.07) is 3.00. The minimum absolute atomic E-state index is 0.0579. The van der Waals surface area contributed by atoms with Gasteiger partial charge in [-0.3, -0.25) is 0 Å². The van der Waals surface area contributed by atoms with E-state index < -0.39 is 5.97 Å². The Balaban J connectivity index is 1.94. The van der Waals surface area contributed by atoms with Gasteiger partial charge in [-0.15, -0.1) is 10.2 Å². The highest BCUT2D eigenvalue weighted by atomic mass is 16.5. The molecule has 0 aromatic carbocycles. The van der Waals surface area contributed by atoms with Crippen LogP contribution >= 0.6 is 0 Å². The molecule has 0 amide bonds. The van der Waals surface area contributed by atoms with E-state index >= 15 is 0 Å². The highest BCUT2D eigenvalue weighted by Crippen LogP contribution is 2.28. The summed E-state index contributed by atoms with van der Waals surface area (Å²) < 4.78 is 5.76. The zero-order chi connectivity index (χ0) is 13.0. The highest BCUT2D eigenvalue weighted by molar-refractivity contribution is 5.84. The maximum absolute atomic E-state index is 10.6. The first-order valence-corrected chi connectivity index (χ1v) is 6.42. The fourth-order valence-electron chi connectivity index (χ4n) is 2.39. The Hall–Kier alpha value is -1.65. The fourth-order valence-corrected chi connectivity index (χ4v) is 2.39. The molecular formula is C13H18N2O3. The first kappa shape index (κ1) is 12.8. The van der Waals surface area contributed by atoms with Crippen LogP contribution in [0.5, 0.6) is 5.88 Å². The molecule has 0 saturated heterocycles. The van der Waals surface area contributed by atoms with E-state index in [1.54, 1.807) is 6.07 Å². The number of nitrogens with zero attached hydrogens (tertiary/aromatic N) is 2. The number of rotatable bonds is 4. The van der Waals surface area contributed by atoms with Crippen LogP contribution in [0, 0.1) is 5.92 Å². The maximum Gasteiger partial charge on any atom is 0.356 e. The first-order chi connectivity index (χ1) is 8.69. The molecular weight excluding hydrogens is 232 g/mol. The molecule has 1 aromatic heterocycles. The zero-order valence-electron chi connectivity index (χ0n) is 10.5. The van der Waals surface area contributed by atoms with Crippen molar-refractivity contribution in [1.82, 2.24) is 10.2 Å². The van der Waals surface area contributed by atoms with Crippen LogP contribution in [0.15, 0.2) is 12.1 Å². The predicted octanol–water partition coefficient (Wildman–Crippen LogP) is 2.52. The van der Waals surface area contributed by atoms with Crippen molar-refractivity contribution in [2.45, 2.75) is 45.1 Å². The van der Waals surface area contributed by atoms with Crippen LogP contribution in [0.25, 0.3) is 0 Å². The number of aromatic nitrogens is 2. The van der Waals surface area contributed by atoms with Gasteiger partial charge in [0.2, 0.25) is 5.88 Å². The molecule has 2 unspecified atom stereocenters. The lowest BCUT2D eigenvalue weighted by Gasteiger charge is -2.28. The van der Waals surface area contributed by atoms with Gasteiger partial charge in [0.15, 0.2) is 5.69 Å². The minimum Gasteiger partial charge on any atom is -0.476 e. The summed E-state index contributed by atoms with van der Waals surface area (Å²) in [5.41, 5.74) is -0.0579. The van der Waals surface area contributed by atoms with Crippen molar-refractivity contribution >= 4 is 5.97 Å². The van der Waals surface area contributed by atoms with E-state index in [-0.39, 0.29) is 11.8 Å². The largest absolute Gasteiger partial charge is 0.476 e. The summed E-state index contributed by atoms with van der Waals surface area (Å²) in [7, 11) is 0. The van der Waals surface area contributed by atoms with Gasteiger partial charge in [0.1, 0.15) is 6.10 Å². The lowest BCUT2D eigenvalue weighted by molar-refractivity contribution is 0.0688. The van der Waals surface area contributed by atoms with Gasteiger partial charge in [0.25, 0.3) is 0 Å². The fraction of sp³-hybridized carbons (Fsp3) is 0.615. The molecule has 5 nitrogen and oxygen atoms in total. The number of hydrogen-bond donors (Lipinski definition) is 1. The Kier molecular flexibility index (Phi) is 4.12. The third-order valence-corrected chi connectivity index (χ3v) is 3.46. The minimum atomic E-state index is -1.07. The van der Waals surface area contributed by atoms with Gasteiger partial charge < -0.3 is 9.84 Å². The van der Waals surface area contributed by atoms with E-state index in [0.29, 0.717) is 5.88 Å². The number of hydrogen-bond acceptors (Lipinski definition) is 4. The standard InChI is InChI=1S/C13H18N2O3/c1-2-9-4-3-5-10(8-9)18-12-7-6-11(13(16)17)14-15-12/h6-7,9-10H,2-5,8H2,1H3,(H,16,17). The van der Waals surface area contributed by atoms with Crippen LogP contribution in [0.1, 0.15) is 49.5 Å². The molecule has 0 radical (unpaired) electrons. The molecule has 0 spiro atoms. The lowest BCUT2D eigenvalue weighted by Crippen LogP contribution is -2.25. The molecule has 18 heavy (non-hydrogen) atoms. The number of ether oxygens (including phenoxy) is 1. The maximum atomic E-state index is 10.6. The molecule has 1 aliphatic rings. The van der Waals surface area contributed by atoms with E-state index in [4.69, 9.17) is 9.84 Å². The topological polar surface area (TPSA) is 72.3 Å². The lowest BCUT2D eigenvalue weighted by atomic mass is 9.85. The SMILES string of the molecule is CCC1CCCC(Oc2ccc(C(=O)O)nn2)C1.